The topological polar surface area (TPSA) is 67.2 Å². The molecule has 0 bridgehead atoms. The predicted molar refractivity (Wildman–Crippen MR) is 63.9 cm³/mol. The first kappa shape index (κ1) is 14.9. The van der Waals surface area contributed by atoms with E-state index in [1.807, 2.05) is 20.9 Å². The van der Waals surface area contributed by atoms with Crippen molar-refractivity contribution in [3.8, 4) is 0 Å². The zero-order chi connectivity index (χ0) is 11.3. The van der Waals surface area contributed by atoms with Crippen LogP contribution >= 0.6 is 12.4 Å². The van der Waals surface area contributed by atoms with E-state index in [1.54, 1.807) is 0 Å². The van der Waals surface area contributed by atoms with E-state index in [4.69, 9.17) is 4.52 Å². The van der Waals surface area contributed by atoms with Gasteiger partial charge in [0.15, 0.2) is 0 Å². The van der Waals surface area contributed by atoms with E-state index in [-0.39, 0.29) is 18.3 Å². The lowest BCUT2D eigenvalue weighted by atomic mass is 10.1. The van der Waals surface area contributed by atoms with Crippen LogP contribution in [0.3, 0.4) is 0 Å². The zero-order valence-corrected chi connectivity index (χ0v) is 10.6. The highest BCUT2D eigenvalue weighted by Crippen LogP contribution is 2.12. The molecule has 0 fully saturated rings. The van der Waals surface area contributed by atoms with Gasteiger partial charge in [0.25, 0.3) is 0 Å². The summed E-state index contributed by atoms with van der Waals surface area (Å²) in [6, 6.07) is 0. The molecular formula is C10H18ClN3O2. The largest absolute Gasteiger partial charge is 0.361 e. The second-order valence-corrected chi connectivity index (χ2v) is 3.43. The van der Waals surface area contributed by atoms with Crippen molar-refractivity contribution >= 4 is 18.3 Å². The third-order valence-electron chi connectivity index (χ3n) is 2.22. The molecule has 0 spiro atoms. The molecule has 5 nitrogen and oxygen atoms in total. The van der Waals surface area contributed by atoms with E-state index in [1.165, 1.54) is 0 Å². The van der Waals surface area contributed by atoms with Crippen molar-refractivity contribution in [3.63, 3.8) is 0 Å². The average molecular weight is 248 g/mol. The number of carbonyl (C=O) groups is 1. The summed E-state index contributed by atoms with van der Waals surface area (Å²) in [5.74, 6) is 0.718. The lowest BCUT2D eigenvalue weighted by molar-refractivity contribution is -0.120. The molecule has 0 unspecified atom stereocenters. The monoisotopic (exact) mass is 247 g/mol. The van der Waals surface area contributed by atoms with Crippen LogP contribution in [0.15, 0.2) is 4.52 Å². The van der Waals surface area contributed by atoms with Crippen LogP contribution in [0.1, 0.15) is 17.0 Å². The minimum atomic E-state index is -0.000324. The number of amides is 1. The molecule has 1 amide bonds. The summed E-state index contributed by atoms with van der Waals surface area (Å²) in [6.45, 7) is 5.06. The van der Waals surface area contributed by atoms with Crippen molar-refractivity contribution < 1.29 is 9.32 Å². The lowest BCUT2D eigenvalue weighted by Crippen LogP contribution is -2.31. The van der Waals surface area contributed by atoms with Crippen LogP contribution in [0.25, 0.3) is 0 Å². The molecule has 2 N–H and O–H groups in total. The summed E-state index contributed by atoms with van der Waals surface area (Å²) in [6.07, 6.45) is 0.338. The standard InChI is InChI=1S/C10H17N3O2.ClH/c1-7-9(8(2)15-13-7)6-10(14)12-5-4-11-3;/h11H,4-6H2,1-3H3,(H,12,14);1H. The number of nitrogens with one attached hydrogen (secondary N) is 2. The van der Waals surface area contributed by atoms with Gasteiger partial charge in [0, 0.05) is 18.7 Å². The Kier molecular flexibility index (Phi) is 6.76. The number of nitrogens with zero attached hydrogens (tertiary/aromatic N) is 1. The van der Waals surface area contributed by atoms with Crippen LogP contribution in [-0.2, 0) is 11.2 Å². The molecule has 0 aliphatic heterocycles. The minimum absolute atomic E-state index is 0. The van der Waals surface area contributed by atoms with E-state index < -0.39 is 0 Å². The summed E-state index contributed by atoms with van der Waals surface area (Å²) in [4.78, 5) is 11.5. The SMILES string of the molecule is CNCCNC(=O)Cc1c(C)noc1C.Cl. The second-order valence-electron chi connectivity index (χ2n) is 3.43. The van der Waals surface area contributed by atoms with Gasteiger partial charge in [-0.05, 0) is 20.9 Å². The van der Waals surface area contributed by atoms with E-state index >= 15 is 0 Å². The molecule has 0 aliphatic rings. The van der Waals surface area contributed by atoms with Gasteiger partial charge in [-0.1, -0.05) is 5.16 Å². The number of likely N-dealkylation sites (N-methyl/N-ethyl adjacent to an activating group) is 1. The summed E-state index contributed by atoms with van der Waals surface area (Å²) in [7, 11) is 1.85. The van der Waals surface area contributed by atoms with Gasteiger partial charge in [-0.2, -0.15) is 0 Å². The molecule has 1 rings (SSSR count). The van der Waals surface area contributed by atoms with Crippen molar-refractivity contribution in [1.29, 1.82) is 0 Å². The van der Waals surface area contributed by atoms with Crippen LogP contribution in [-0.4, -0.2) is 31.2 Å². The van der Waals surface area contributed by atoms with Crippen LogP contribution in [0.2, 0.25) is 0 Å². The van der Waals surface area contributed by atoms with E-state index in [2.05, 4.69) is 15.8 Å². The molecule has 6 heteroatoms. The van der Waals surface area contributed by atoms with E-state index in [9.17, 15) is 4.79 Å². The molecule has 16 heavy (non-hydrogen) atoms. The highest BCUT2D eigenvalue weighted by atomic mass is 35.5. The van der Waals surface area contributed by atoms with Crippen LogP contribution in [0.4, 0.5) is 0 Å². The Morgan fingerprint density at radius 2 is 2.06 bits per heavy atom. The van der Waals surface area contributed by atoms with Gasteiger partial charge in [0.1, 0.15) is 5.76 Å². The molecule has 0 aromatic carbocycles. The molecule has 0 saturated carbocycles. The number of rotatable bonds is 5. The molecular weight excluding hydrogens is 230 g/mol. The van der Waals surface area contributed by atoms with Gasteiger partial charge in [0.2, 0.25) is 5.91 Å². The number of aromatic nitrogens is 1. The maximum atomic E-state index is 11.5. The Hall–Kier alpha value is -1.07. The third kappa shape index (κ3) is 4.20. The molecule has 0 radical (unpaired) electrons. The molecule has 0 saturated heterocycles. The van der Waals surface area contributed by atoms with Crippen LogP contribution in [0, 0.1) is 13.8 Å². The highest BCUT2D eigenvalue weighted by Gasteiger charge is 2.12. The minimum Gasteiger partial charge on any atom is -0.361 e. The Morgan fingerprint density at radius 3 is 2.56 bits per heavy atom. The zero-order valence-electron chi connectivity index (χ0n) is 9.79. The summed E-state index contributed by atoms with van der Waals surface area (Å²) >= 11 is 0. The highest BCUT2D eigenvalue weighted by molar-refractivity contribution is 5.85. The fraction of sp³-hybridized carbons (Fsp3) is 0.600. The maximum absolute atomic E-state index is 11.5. The summed E-state index contributed by atoms with van der Waals surface area (Å²) in [5, 5.41) is 9.56. The Bertz CT molecular complexity index is 319. The van der Waals surface area contributed by atoms with Crippen molar-refractivity contribution in [2.24, 2.45) is 0 Å². The number of hydrogen-bond donors (Lipinski definition) is 2. The predicted octanol–water partition coefficient (Wildman–Crippen LogP) is 0.591. The first-order chi connectivity index (χ1) is 7.15. The first-order valence-electron chi connectivity index (χ1n) is 4.98. The van der Waals surface area contributed by atoms with Crippen LogP contribution < -0.4 is 10.6 Å². The summed E-state index contributed by atoms with van der Waals surface area (Å²) in [5.41, 5.74) is 1.67. The van der Waals surface area contributed by atoms with Crippen molar-refractivity contribution in [2.45, 2.75) is 20.3 Å². The average Bonchev–Trinajstić information content (AvgIpc) is 2.50. The van der Waals surface area contributed by atoms with Gasteiger partial charge in [-0.15, -0.1) is 12.4 Å². The first-order valence-corrected chi connectivity index (χ1v) is 4.98. The van der Waals surface area contributed by atoms with Gasteiger partial charge in [-0.3, -0.25) is 4.79 Å². The molecule has 1 aromatic heterocycles. The number of hydrogen-bond acceptors (Lipinski definition) is 4. The normalized spacial score (nSPS) is 9.69. The number of aryl methyl sites for hydroxylation is 2. The van der Waals surface area contributed by atoms with Crippen LogP contribution in [0.5, 0.6) is 0 Å². The van der Waals surface area contributed by atoms with Crippen molar-refractivity contribution in [1.82, 2.24) is 15.8 Å². The van der Waals surface area contributed by atoms with E-state index in [0.29, 0.717) is 13.0 Å². The van der Waals surface area contributed by atoms with Crippen molar-refractivity contribution in [3.05, 3.63) is 17.0 Å². The molecule has 92 valence electrons. The second kappa shape index (κ2) is 7.24. The van der Waals surface area contributed by atoms with Gasteiger partial charge in [-0.25, -0.2) is 0 Å². The fourth-order valence-electron chi connectivity index (χ4n) is 1.30. The number of carbonyl (C=O) groups excluding carboxylic acids is 1. The smallest absolute Gasteiger partial charge is 0.224 e. The van der Waals surface area contributed by atoms with E-state index in [0.717, 1.165) is 23.6 Å². The quantitative estimate of drug-likeness (QED) is 0.748. The van der Waals surface area contributed by atoms with Gasteiger partial charge >= 0.3 is 0 Å². The molecule has 1 aromatic rings. The Balaban J connectivity index is 0.00000225. The maximum Gasteiger partial charge on any atom is 0.224 e. The molecule has 1 heterocycles. The number of halogens is 1. The molecule has 0 aliphatic carbocycles. The fourth-order valence-corrected chi connectivity index (χ4v) is 1.30. The summed E-state index contributed by atoms with van der Waals surface area (Å²) < 4.78 is 4.98. The van der Waals surface area contributed by atoms with Crippen molar-refractivity contribution in [2.75, 3.05) is 20.1 Å². The lowest BCUT2D eigenvalue weighted by Gasteiger charge is -2.03. The Morgan fingerprint density at radius 1 is 1.38 bits per heavy atom. The Labute approximate surface area is 101 Å². The molecule has 0 atom stereocenters. The third-order valence-corrected chi connectivity index (χ3v) is 2.22. The van der Waals surface area contributed by atoms with Gasteiger partial charge in [0.05, 0.1) is 12.1 Å². The van der Waals surface area contributed by atoms with Gasteiger partial charge < -0.3 is 15.2 Å².